The van der Waals surface area contributed by atoms with Crippen molar-refractivity contribution < 1.29 is 4.57 Å². The third kappa shape index (κ3) is 4.17. The van der Waals surface area contributed by atoms with Gasteiger partial charge in [-0.2, -0.15) is 0 Å². The second-order valence-corrected chi connectivity index (χ2v) is 16.7. The summed E-state index contributed by atoms with van der Waals surface area (Å²) in [5.74, 6) is 0.976. The van der Waals surface area contributed by atoms with Crippen LogP contribution in [0.15, 0.2) is 170 Å². The van der Waals surface area contributed by atoms with Crippen molar-refractivity contribution in [2.24, 2.45) is 0 Å². The van der Waals surface area contributed by atoms with Crippen molar-refractivity contribution in [1.29, 1.82) is 0 Å². The Balaban J connectivity index is 1.25. The normalized spacial score (nSPS) is 15.1. The summed E-state index contributed by atoms with van der Waals surface area (Å²) in [6.45, 7) is 2.14. The van der Waals surface area contributed by atoms with E-state index in [2.05, 4.69) is 139 Å². The topological polar surface area (TPSA) is 34.9 Å². The standard InChI is InChI=1S/C49H33N2OP/c1-2-46-50-42-25-14-26-44-49(42)51(46)43-28-27-32(30-45(43)53(44,52)33-16-4-3-5-17-33)47-37-21-10-12-23-39(37)48(40-24-13-11-22-38(40)47)41-29-31-15-6-7-18-34(31)35-19-8-9-20-36(35)41/h3-30H,2H2,1H3. The molecule has 0 saturated carbocycles. The maximum atomic E-state index is 16.1. The third-order valence-electron chi connectivity index (χ3n) is 11.3. The first-order valence-electron chi connectivity index (χ1n) is 18.3. The number of rotatable bonds is 4. The van der Waals surface area contributed by atoms with Crippen LogP contribution in [0.25, 0.3) is 82.1 Å². The fourth-order valence-electron chi connectivity index (χ4n) is 9.06. The van der Waals surface area contributed by atoms with E-state index in [9.17, 15) is 0 Å². The number of hydrogen-bond donors (Lipinski definition) is 0. The molecule has 1 aromatic heterocycles. The zero-order valence-corrected chi connectivity index (χ0v) is 30.0. The van der Waals surface area contributed by atoms with Crippen LogP contribution in [0, 0.1) is 0 Å². The van der Waals surface area contributed by atoms with Gasteiger partial charge >= 0.3 is 0 Å². The number of aryl methyl sites for hydroxylation is 1. The predicted molar refractivity (Wildman–Crippen MR) is 224 cm³/mol. The molecule has 4 heteroatoms. The van der Waals surface area contributed by atoms with E-state index in [4.69, 9.17) is 4.98 Å². The van der Waals surface area contributed by atoms with Gasteiger partial charge in [-0.05, 0) is 95.7 Å². The van der Waals surface area contributed by atoms with E-state index in [1.54, 1.807) is 0 Å². The van der Waals surface area contributed by atoms with Gasteiger partial charge in [-0.1, -0.05) is 146 Å². The number of aromatic nitrogens is 2. The van der Waals surface area contributed by atoms with Gasteiger partial charge in [0.25, 0.3) is 0 Å². The first kappa shape index (κ1) is 30.4. The number of hydrogen-bond acceptors (Lipinski definition) is 2. The molecule has 53 heavy (non-hydrogen) atoms. The first-order valence-corrected chi connectivity index (χ1v) is 20.0. The summed E-state index contributed by atoms with van der Waals surface area (Å²) in [7, 11) is -3.30. The van der Waals surface area contributed by atoms with E-state index in [-0.39, 0.29) is 0 Å². The number of benzene rings is 9. The molecule has 1 atom stereocenters. The Morgan fingerprint density at radius 2 is 1.13 bits per heavy atom. The summed E-state index contributed by atoms with van der Waals surface area (Å²) < 4.78 is 18.4. The Bertz CT molecular complexity index is 3140. The second kappa shape index (κ2) is 11.4. The van der Waals surface area contributed by atoms with Gasteiger partial charge in [-0.25, -0.2) is 4.98 Å². The van der Waals surface area contributed by atoms with Crippen molar-refractivity contribution in [2.45, 2.75) is 13.3 Å². The van der Waals surface area contributed by atoms with Crippen molar-refractivity contribution in [3.05, 3.63) is 176 Å². The highest BCUT2D eigenvalue weighted by atomic mass is 31.2. The molecule has 0 saturated heterocycles. The van der Waals surface area contributed by atoms with Gasteiger partial charge in [0.2, 0.25) is 0 Å². The molecule has 10 aromatic rings. The van der Waals surface area contributed by atoms with Crippen molar-refractivity contribution in [2.75, 3.05) is 0 Å². The Labute approximate surface area is 307 Å². The molecule has 1 unspecified atom stereocenters. The molecule has 1 aliphatic rings. The molecule has 9 aromatic carbocycles. The summed E-state index contributed by atoms with van der Waals surface area (Å²) in [5, 5.41) is 12.3. The van der Waals surface area contributed by atoms with Crippen LogP contribution in [0.2, 0.25) is 0 Å². The highest BCUT2D eigenvalue weighted by Gasteiger charge is 2.40. The highest BCUT2D eigenvalue weighted by molar-refractivity contribution is 7.86. The van der Waals surface area contributed by atoms with Crippen molar-refractivity contribution in [3.8, 4) is 27.9 Å². The largest absolute Gasteiger partial charge is 0.308 e. The van der Waals surface area contributed by atoms with Gasteiger partial charge in [0.05, 0.1) is 16.7 Å². The Morgan fingerprint density at radius 1 is 0.528 bits per heavy atom. The number of para-hydroxylation sites is 1. The molecule has 0 spiro atoms. The van der Waals surface area contributed by atoms with Gasteiger partial charge in [-0.3, -0.25) is 4.57 Å². The van der Waals surface area contributed by atoms with E-state index in [1.165, 1.54) is 54.2 Å². The molecule has 0 amide bonds. The molecule has 1 aliphatic heterocycles. The molecule has 2 heterocycles. The monoisotopic (exact) mass is 696 g/mol. The molecule has 0 N–H and O–H groups in total. The summed E-state index contributed by atoms with van der Waals surface area (Å²) in [4.78, 5) is 5.04. The molecule has 11 rings (SSSR count). The Kier molecular flexibility index (Phi) is 6.51. The van der Waals surface area contributed by atoms with Gasteiger partial charge in [0.1, 0.15) is 5.82 Å². The van der Waals surface area contributed by atoms with E-state index >= 15 is 4.57 Å². The molecule has 0 radical (unpaired) electrons. The molecule has 3 nitrogen and oxygen atoms in total. The number of imidazole rings is 1. The van der Waals surface area contributed by atoms with Gasteiger partial charge in [-0.15, -0.1) is 0 Å². The zero-order chi connectivity index (χ0) is 35.3. The Hall–Kier alpha value is -6.28. The van der Waals surface area contributed by atoms with Crippen LogP contribution < -0.4 is 15.9 Å². The summed E-state index contributed by atoms with van der Waals surface area (Å²) in [5.41, 5.74) is 7.46. The van der Waals surface area contributed by atoms with Crippen LogP contribution in [-0.4, -0.2) is 9.55 Å². The minimum absolute atomic E-state index is 0.769. The van der Waals surface area contributed by atoms with E-state index < -0.39 is 7.14 Å². The lowest BCUT2D eigenvalue weighted by Gasteiger charge is -2.30. The second-order valence-electron chi connectivity index (χ2n) is 14.0. The molecular formula is C49H33N2OP. The average molecular weight is 697 g/mol. The summed E-state index contributed by atoms with van der Waals surface area (Å²) >= 11 is 0. The van der Waals surface area contributed by atoms with Gasteiger partial charge in [0.15, 0.2) is 7.14 Å². The smallest absolute Gasteiger partial charge is 0.175 e. The molecule has 0 bridgehead atoms. The minimum Gasteiger partial charge on any atom is -0.308 e. The minimum atomic E-state index is -3.30. The SMILES string of the molecule is CCc1nc2cccc3c2n1-c1ccc(-c2c4ccccc4c(-c4cc5ccccc5c5ccccc45)c4ccccc24)cc1P3(=O)c1ccccc1. The van der Waals surface area contributed by atoms with E-state index in [0.717, 1.165) is 56.0 Å². The maximum absolute atomic E-state index is 16.1. The van der Waals surface area contributed by atoms with Crippen LogP contribution >= 0.6 is 7.14 Å². The fourth-order valence-corrected chi connectivity index (χ4v) is 12.1. The van der Waals surface area contributed by atoms with Crippen molar-refractivity contribution >= 4 is 77.2 Å². The fraction of sp³-hybridized carbons (Fsp3) is 0.0408. The van der Waals surface area contributed by atoms with Crippen LogP contribution in [-0.2, 0) is 11.0 Å². The Morgan fingerprint density at radius 3 is 1.83 bits per heavy atom. The van der Waals surface area contributed by atoms with E-state index in [1.807, 2.05) is 42.5 Å². The van der Waals surface area contributed by atoms with Crippen LogP contribution in [0.3, 0.4) is 0 Å². The average Bonchev–Trinajstić information content (AvgIpc) is 3.61. The van der Waals surface area contributed by atoms with Crippen LogP contribution in [0.5, 0.6) is 0 Å². The van der Waals surface area contributed by atoms with E-state index in [0.29, 0.717) is 0 Å². The lowest BCUT2D eigenvalue weighted by Crippen LogP contribution is -2.33. The molecule has 0 aliphatic carbocycles. The van der Waals surface area contributed by atoms with Crippen LogP contribution in [0.1, 0.15) is 12.7 Å². The zero-order valence-electron chi connectivity index (χ0n) is 29.1. The molecule has 250 valence electrons. The highest BCUT2D eigenvalue weighted by Crippen LogP contribution is 2.52. The quantitative estimate of drug-likeness (QED) is 0.104. The lowest BCUT2D eigenvalue weighted by atomic mass is 9.84. The van der Waals surface area contributed by atoms with Gasteiger partial charge < -0.3 is 4.57 Å². The predicted octanol–water partition coefficient (Wildman–Crippen LogP) is 11.5. The maximum Gasteiger partial charge on any atom is 0.175 e. The lowest BCUT2D eigenvalue weighted by molar-refractivity contribution is 0.592. The summed E-state index contributed by atoms with van der Waals surface area (Å²) in [6, 6.07) is 60.3. The molecular weight excluding hydrogens is 664 g/mol. The van der Waals surface area contributed by atoms with Crippen molar-refractivity contribution in [1.82, 2.24) is 9.55 Å². The van der Waals surface area contributed by atoms with Crippen LogP contribution in [0.4, 0.5) is 0 Å². The van der Waals surface area contributed by atoms with Gasteiger partial charge in [0, 0.05) is 22.3 Å². The third-order valence-corrected chi connectivity index (χ3v) is 14.4. The summed E-state index contributed by atoms with van der Waals surface area (Å²) in [6.07, 6.45) is 0.769. The first-order chi connectivity index (χ1) is 26.1. The molecule has 0 fully saturated rings. The number of nitrogens with zero attached hydrogens (tertiary/aromatic N) is 2. The van der Waals surface area contributed by atoms with Crippen molar-refractivity contribution in [3.63, 3.8) is 0 Å². The number of fused-ring (bicyclic) bond motifs is 7.